The molecule has 1 unspecified atom stereocenters. The predicted molar refractivity (Wildman–Crippen MR) is 81.8 cm³/mol. The molecule has 1 atom stereocenters. The first kappa shape index (κ1) is 16.9. The van der Waals surface area contributed by atoms with E-state index in [0.29, 0.717) is 24.4 Å². The van der Waals surface area contributed by atoms with Gasteiger partial charge in [-0.25, -0.2) is 8.42 Å². The third-order valence-corrected chi connectivity index (χ3v) is 5.21. The maximum Gasteiger partial charge on any atom is 0.218 e. The SMILES string of the molecule is CCC(C)N(CCOC)S(=O)(=O)Cc1cccc(N)c1. The highest BCUT2D eigenvalue weighted by Crippen LogP contribution is 2.17. The first-order valence-electron chi connectivity index (χ1n) is 6.73. The van der Waals surface area contributed by atoms with Crippen LogP contribution in [0.15, 0.2) is 24.3 Å². The summed E-state index contributed by atoms with van der Waals surface area (Å²) in [5.74, 6) is -0.0356. The fraction of sp³-hybridized carbons (Fsp3) is 0.571. The molecule has 0 saturated heterocycles. The summed E-state index contributed by atoms with van der Waals surface area (Å²) in [5, 5.41) is 0. The lowest BCUT2D eigenvalue weighted by Gasteiger charge is -2.27. The molecule has 5 nitrogen and oxygen atoms in total. The van der Waals surface area contributed by atoms with Gasteiger partial charge >= 0.3 is 0 Å². The Bertz CT molecular complexity index is 517. The van der Waals surface area contributed by atoms with E-state index < -0.39 is 10.0 Å². The van der Waals surface area contributed by atoms with Gasteiger partial charge in [0.2, 0.25) is 10.0 Å². The van der Waals surface area contributed by atoms with E-state index in [1.165, 1.54) is 4.31 Å². The van der Waals surface area contributed by atoms with Crippen LogP contribution in [0.25, 0.3) is 0 Å². The molecule has 1 aromatic carbocycles. The predicted octanol–water partition coefficient (Wildman–Crippen LogP) is 1.85. The van der Waals surface area contributed by atoms with Crippen LogP contribution in [-0.4, -0.2) is 39.0 Å². The second kappa shape index (κ2) is 7.61. The summed E-state index contributed by atoms with van der Waals surface area (Å²) in [6.07, 6.45) is 0.764. The normalized spacial score (nSPS) is 13.6. The molecule has 1 rings (SSSR count). The van der Waals surface area contributed by atoms with Gasteiger partial charge in [0.15, 0.2) is 0 Å². The smallest absolute Gasteiger partial charge is 0.218 e. The average Bonchev–Trinajstić information content (AvgIpc) is 2.38. The molecule has 0 aliphatic heterocycles. The molecule has 114 valence electrons. The summed E-state index contributed by atoms with van der Waals surface area (Å²) in [6, 6.07) is 6.94. The zero-order chi connectivity index (χ0) is 15.2. The van der Waals surface area contributed by atoms with Crippen LogP contribution >= 0.6 is 0 Å². The fourth-order valence-corrected chi connectivity index (χ4v) is 3.81. The number of nitrogens with two attached hydrogens (primary N) is 1. The number of rotatable bonds is 8. The van der Waals surface area contributed by atoms with Crippen molar-refractivity contribution in [3.05, 3.63) is 29.8 Å². The van der Waals surface area contributed by atoms with Crippen molar-refractivity contribution in [2.75, 3.05) is 26.0 Å². The first-order chi connectivity index (χ1) is 9.40. The molecular formula is C14H24N2O3S. The molecule has 0 saturated carbocycles. The Morgan fingerprint density at radius 1 is 1.40 bits per heavy atom. The number of hydrogen-bond acceptors (Lipinski definition) is 4. The minimum atomic E-state index is -3.38. The zero-order valence-electron chi connectivity index (χ0n) is 12.4. The number of sulfonamides is 1. The topological polar surface area (TPSA) is 72.6 Å². The van der Waals surface area contributed by atoms with E-state index in [9.17, 15) is 8.42 Å². The van der Waals surface area contributed by atoms with Crippen molar-refractivity contribution in [2.24, 2.45) is 0 Å². The molecular weight excluding hydrogens is 276 g/mol. The average molecular weight is 300 g/mol. The van der Waals surface area contributed by atoms with Crippen LogP contribution in [0.1, 0.15) is 25.8 Å². The van der Waals surface area contributed by atoms with E-state index in [-0.39, 0.29) is 11.8 Å². The van der Waals surface area contributed by atoms with Gasteiger partial charge in [-0.1, -0.05) is 19.1 Å². The van der Waals surface area contributed by atoms with Gasteiger partial charge in [-0.3, -0.25) is 0 Å². The van der Waals surface area contributed by atoms with Gasteiger partial charge in [-0.2, -0.15) is 4.31 Å². The lowest BCUT2D eigenvalue weighted by atomic mass is 10.2. The van der Waals surface area contributed by atoms with Crippen LogP contribution < -0.4 is 5.73 Å². The molecule has 20 heavy (non-hydrogen) atoms. The van der Waals surface area contributed by atoms with Crippen molar-refractivity contribution in [1.82, 2.24) is 4.31 Å². The van der Waals surface area contributed by atoms with Gasteiger partial charge in [-0.05, 0) is 31.0 Å². The summed E-state index contributed by atoms with van der Waals surface area (Å²) < 4.78 is 31.6. The highest BCUT2D eigenvalue weighted by molar-refractivity contribution is 7.88. The van der Waals surface area contributed by atoms with Crippen molar-refractivity contribution in [2.45, 2.75) is 32.1 Å². The van der Waals surface area contributed by atoms with Gasteiger partial charge in [0, 0.05) is 25.4 Å². The van der Waals surface area contributed by atoms with Crippen LogP contribution in [-0.2, 0) is 20.5 Å². The minimum absolute atomic E-state index is 0.0356. The van der Waals surface area contributed by atoms with Crippen molar-refractivity contribution in [1.29, 1.82) is 0 Å². The Balaban J connectivity index is 2.92. The van der Waals surface area contributed by atoms with E-state index in [4.69, 9.17) is 10.5 Å². The summed E-state index contributed by atoms with van der Waals surface area (Å²) in [7, 11) is -1.81. The maximum absolute atomic E-state index is 12.5. The van der Waals surface area contributed by atoms with Crippen molar-refractivity contribution in [3.63, 3.8) is 0 Å². The maximum atomic E-state index is 12.5. The quantitative estimate of drug-likeness (QED) is 0.744. The molecule has 6 heteroatoms. The van der Waals surface area contributed by atoms with Gasteiger partial charge in [0.1, 0.15) is 0 Å². The summed E-state index contributed by atoms with van der Waals surface area (Å²) in [4.78, 5) is 0. The molecule has 0 radical (unpaired) electrons. The van der Waals surface area contributed by atoms with Crippen molar-refractivity contribution >= 4 is 15.7 Å². The minimum Gasteiger partial charge on any atom is -0.399 e. The lowest BCUT2D eigenvalue weighted by Crippen LogP contribution is -2.41. The number of anilines is 1. The van der Waals surface area contributed by atoms with Gasteiger partial charge in [0.25, 0.3) is 0 Å². The van der Waals surface area contributed by atoms with Crippen LogP contribution in [0.5, 0.6) is 0 Å². The number of nitrogens with zero attached hydrogens (tertiary/aromatic N) is 1. The van der Waals surface area contributed by atoms with E-state index in [2.05, 4.69) is 0 Å². The molecule has 0 heterocycles. The molecule has 0 aromatic heterocycles. The second-order valence-corrected chi connectivity index (χ2v) is 6.78. The summed E-state index contributed by atoms with van der Waals surface area (Å²) in [5.41, 5.74) is 6.97. The van der Waals surface area contributed by atoms with E-state index in [0.717, 1.165) is 6.42 Å². The third kappa shape index (κ3) is 4.77. The summed E-state index contributed by atoms with van der Waals surface area (Å²) in [6.45, 7) is 4.64. The van der Waals surface area contributed by atoms with Crippen LogP contribution in [0.3, 0.4) is 0 Å². The lowest BCUT2D eigenvalue weighted by molar-refractivity contribution is 0.167. The molecule has 1 aromatic rings. The molecule has 0 bridgehead atoms. The molecule has 2 N–H and O–H groups in total. The zero-order valence-corrected chi connectivity index (χ0v) is 13.2. The number of ether oxygens (including phenoxy) is 1. The third-order valence-electron chi connectivity index (χ3n) is 3.26. The standard InChI is InChI=1S/C14H24N2O3S/c1-4-12(2)16(8-9-19-3)20(17,18)11-13-6-5-7-14(15)10-13/h5-7,10,12H,4,8-9,11,15H2,1-3H3. The van der Waals surface area contributed by atoms with E-state index >= 15 is 0 Å². The van der Waals surface area contributed by atoms with Gasteiger partial charge < -0.3 is 10.5 Å². The van der Waals surface area contributed by atoms with E-state index in [1.807, 2.05) is 13.8 Å². The molecule has 0 aliphatic rings. The fourth-order valence-electron chi connectivity index (χ4n) is 1.99. The summed E-state index contributed by atoms with van der Waals surface area (Å²) >= 11 is 0. The first-order valence-corrected chi connectivity index (χ1v) is 8.34. The van der Waals surface area contributed by atoms with E-state index in [1.54, 1.807) is 31.4 Å². The number of methoxy groups -OCH3 is 1. The molecule has 0 amide bonds. The highest BCUT2D eigenvalue weighted by atomic mass is 32.2. The monoisotopic (exact) mass is 300 g/mol. The Morgan fingerprint density at radius 3 is 2.65 bits per heavy atom. The Hall–Kier alpha value is -1.11. The highest BCUT2D eigenvalue weighted by Gasteiger charge is 2.26. The Labute approximate surface area is 121 Å². The molecule has 0 spiro atoms. The number of benzene rings is 1. The van der Waals surface area contributed by atoms with Gasteiger partial charge in [-0.15, -0.1) is 0 Å². The Morgan fingerprint density at radius 2 is 2.10 bits per heavy atom. The van der Waals surface area contributed by atoms with Crippen molar-refractivity contribution in [3.8, 4) is 0 Å². The number of nitrogen functional groups attached to an aromatic ring is 1. The largest absolute Gasteiger partial charge is 0.399 e. The van der Waals surface area contributed by atoms with Gasteiger partial charge in [0.05, 0.1) is 12.4 Å². The number of hydrogen-bond donors (Lipinski definition) is 1. The van der Waals surface area contributed by atoms with Crippen molar-refractivity contribution < 1.29 is 13.2 Å². The van der Waals surface area contributed by atoms with Crippen LogP contribution in [0.2, 0.25) is 0 Å². The van der Waals surface area contributed by atoms with Crippen LogP contribution in [0, 0.1) is 0 Å². The Kier molecular flexibility index (Phi) is 6.45. The molecule has 0 fully saturated rings. The second-order valence-electron chi connectivity index (χ2n) is 4.86. The molecule has 0 aliphatic carbocycles. The van der Waals surface area contributed by atoms with Crippen LogP contribution in [0.4, 0.5) is 5.69 Å².